The van der Waals surface area contributed by atoms with Crippen molar-refractivity contribution in [3.63, 3.8) is 0 Å². The standard InChI is InChI=1S/C30H24F6O4/c1-2-22(37)19-10-7-16(24(31)27(19)34)14-3-5-15(6-4-14)40-30(38)21-12-9-18(26(33)29(21)36)17-8-11-20(23-13-39-23)28(35)25(17)32/h3,7-12,15,22-23,37H,2,4-6,13H2,1H3. The zero-order valence-corrected chi connectivity index (χ0v) is 21.2. The molecule has 0 radical (unpaired) electrons. The fraction of sp³-hybridized carbons (Fsp3) is 0.300. The summed E-state index contributed by atoms with van der Waals surface area (Å²) in [5.74, 6) is -9.07. The molecule has 3 aromatic rings. The highest BCUT2D eigenvalue weighted by Gasteiger charge is 2.32. The van der Waals surface area contributed by atoms with Gasteiger partial charge in [-0.05, 0) is 30.9 Å². The van der Waals surface area contributed by atoms with Crippen LogP contribution >= 0.6 is 0 Å². The third kappa shape index (κ3) is 5.13. The molecule has 40 heavy (non-hydrogen) atoms. The van der Waals surface area contributed by atoms with E-state index in [1.807, 2.05) is 0 Å². The number of hydrogen-bond acceptors (Lipinski definition) is 4. The Labute approximate surface area is 225 Å². The molecule has 3 unspecified atom stereocenters. The SMILES string of the molecule is CCC(O)c1ccc(C2=CCC(OC(=O)c3ccc(-c4ccc(C5CO5)c(F)c4F)c(F)c3F)CC2)c(F)c1F. The smallest absolute Gasteiger partial charge is 0.341 e. The highest BCUT2D eigenvalue weighted by Crippen LogP contribution is 2.37. The van der Waals surface area contributed by atoms with E-state index in [9.17, 15) is 36.2 Å². The molecule has 3 atom stereocenters. The Morgan fingerprint density at radius 3 is 2.15 bits per heavy atom. The van der Waals surface area contributed by atoms with E-state index < -0.39 is 75.9 Å². The highest BCUT2D eigenvalue weighted by atomic mass is 19.2. The third-order valence-electron chi connectivity index (χ3n) is 7.23. The number of aliphatic hydroxyl groups excluding tert-OH is 1. The average Bonchev–Trinajstić information content (AvgIpc) is 3.79. The minimum Gasteiger partial charge on any atom is -0.458 e. The van der Waals surface area contributed by atoms with Gasteiger partial charge in [-0.25, -0.2) is 31.1 Å². The van der Waals surface area contributed by atoms with E-state index in [2.05, 4.69) is 0 Å². The molecule has 1 aliphatic carbocycles. The molecule has 3 aromatic carbocycles. The Balaban J connectivity index is 1.30. The van der Waals surface area contributed by atoms with Crippen LogP contribution in [0.3, 0.4) is 0 Å². The lowest BCUT2D eigenvalue weighted by Gasteiger charge is -2.23. The maximum Gasteiger partial charge on any atom is 0.341 e. The fourth-order valence-corrected chi connectivity index (χ4v) is 4.83. The number of epoxide rings is 1. The Morgan fingerprint density at radius 2 is 1.52 bits per heavy atom. The number of esters is 1. The van der Waals surface area contributed by atoms with Crippen LogP contribution in [-0.4, -0.2) is 23.8 Å². The summed E-state index contributed by atoms with van der Waals surface area (Å²) in [6.07, 6.45) is -0.111. The molecule has 0 spiro atoms. The lowest BCUT2D eigenvalue weighted by atomic mass is 9.90. The molecule has 1 aliphatic heterocycles. The first kappa shape index (κ1) is 27.9. The summed E-state index contributed by atoms with van der Waals surface area (Å²) in [6, 6.07) is 6.96. The second-order valence-corrected chi connectivity index (χ2v) is 9.73. The van der Waals surface area contributed by atoms with E-state index in [1.54, 1.807) is 13.0 Å². The molecule has 0 amide bonds. The van der Waals surface area contributed by atoms with Crippen LogP contribution in [0.1, 0.15) is 71.9 Å². The van der Waals surface area contributed by atoms with Gasteiger partial charge in [0.05, 0.1) is 18.3 Å². The van der Waals surface area contributed by atoms with Crippen molar-refractivity contribution < 1.29 is 45.7 Å². The van der Waals surface area contributed by atoms with Crippen LogP contribution in [0.2, 0.25) is 0 Å². The van der Waals surface area contributed by atoms with Crippen molar-refractivity contribution >= 4 is 11.5 Å². The molecule has 0 bridgehead atoms. The van der Waals surface area contributed by atoms with E-state index in [0.29, 0.717) is 5.57 Å². The molecule has 1 saturated heterocycles. The first-order valence-corrected chi connectivity index (χ1v) is 12.8. The number of halogens is 6. The van der Waals surface area contributed by atoms with Crippen molar-refractivity contribution in [2.45, 2.75) is 50.9 Å². The number of benzene rings is 3. The van der Waals surface area contributed by atoms with Crippen LogP contribution in [0.15, 0.2) is 42.5 Å². The van der Waals surface area contributed by atoms with Gasteiger partial charge in [-0.1, -0.05) is 43.3 Å². The molecule has 2 aliphatic rings. The Morgan fingerprint density at radius 1 is 0.900 bits per heavy atom. The Kier molecular flexibility index (Phi) is 7.74. The van der Waals surface area contributed by atoms with Gasteiger partial charge in [0.2, 0.25) is 0 Å². The molecule has 5 rings (SSSR count). The monoisotopic (exact) mass is 562 g/mol. The Bertz CT molecular complexity index is 1510. The number of carbonyl (C=O) groups is 1. The van der Waals surface area contributed by atoms with Crippen molar-refractivity contribution in [3.8, 4) is 11.1 Å². The van der Waals surface area contributed by atoms with Gasteiger partial charge in [0.25, 0.3) is 0 Å². The molecule has 0 saturated carbocycles. The summed E-state index contributed by atoms with van der Waals surface area (Å²) in [6.45, 7) is 1.88. The summed E-state index contributed by atoms with van der Waals surface area (Å²) in [7, 11) is 0. The van der Waals surface area contributed by atoms with Crippen molar-refractivity contribution in [1.29, 1.82) is 0 Å². The predicted molar refractivity (Wildman–Crippen MR) is 133 cm³/mol. The minimum atomic E-state index is -1.57. The summed E-state index contributed by atoms with van der Waals surface area (Å²) < 4.78 is 98.1. The minimum absolute atomic E-state index is 0.0211. The number of aliphatic hydroxyl groups is 1. The van der Waals surface area contributed by atoms with Crippen LogP contribution in [0.25, 0.3) is 16.7 Å². The topological polar surface area (TPSA) is 59.1 Å². The van der Waals surface area contributed by atoms with E-state index >= 15 is 0 Å². The maximum absolute atomic E-state index is 14.9. The fourth-order valence-electron chi connectivity index (χ4n) is 4.83. The van der Waals surface area contributed by atoms with Gasteiger partial charge in [0, 0.05) is 34.2 Å². The van der Waals surface area contributed by atoms with E-state index in [-0.39, 0.29) is 49.0 Å². The first-order valence-electron chi connectivity index (χ1n) is 12.8. The van der Waals surface area contributed by atoms with Gasteiger partial charge in [-0.2, -0.15) is 0 Å². The van der Waals surface area contributed by atoms with Gasteiger partial charge in [-0.3, -0.25) is 0 Å². The average molecular weight is 563 g/mol. The zero-order valence-electron chi connectivity index (χ0n) is 21.2. The molecular formula is C30H24F6O4. The normalized spacial score (nSPS) is 19.2. The van der Waals surface area contributed by atoms with Crippen molar-refractivity contribution in [2.75, 3.05) is 6.61 Å². The summed E-state index contributed by atoms with van der Waals surface area (Å²) in [5, 5.41) is 9.86. The number of ether oxygens (including phenoxy) is 2. The van der Waals surface area contributed by atoms with Gasteiger partial charge >= 0.3 is 5.97 Å². The molecule has 1 heterocycles. The second kappa shape index (κ2) is 11.1. The van der Waals surface area contributed by atoms with Crippen molar-refractivity contribution in [2.24, 2.45) is 0 Å². The second-order valence-electron chi connectivity index (χ2n) is 9.73. The number of allylic oxidation sites excluding steroid dienone is 1. The van der Waals surface area contributed by atoms with E-state index in [4.69, 9.17) is 9.47 Å². The summed E-state index contributed by atoms with van der Waals surface area (Å²) in [5.41, 5.74) is -1.44. The quantitative estimate of drug-likeness (QED) is 0.184. The van der Waals surface area contributed by atoms with Crippen molar-refractivity contribution in [1.82, 2.24) is 0 Å². The molecule has 1 N–H and O–H groups in total. The lowest BCUT2D eigenvalue weighted by molar-refractivity contribution is 0.0279. The molecule has 1 fully saturated rings. The van der Waals surface area contributed by atoms with Crippen LogP contribution in [0, 0.1) is 34.9 Å². The molecule has 10 heteroatoms. The van der Waals surface area contributed by atoms with Crippen LogP contribution in [0.5, 0.6) is 0 Å². The van der Waals surface area contributed by atoms with Gasteiger partial charge in [0.1, 0.15) is 12.2 Å². The maximum atomic E-state index is 14.9. The van der Waals surface area contributed by atoms with E-state index in [0.717, 1.165) is 18.2 Å². The number of rotatable bonds is 7. The van der Waals surface area contributed by atoms with Gasteiger partial charge in [-0.15, -0.1) is 0 Å². The van der Waals surface area contributed by atoms with Crippen molar-refractivity contribution in [3.05, 3.63) is 99.6 Å². The first-order chi connectivity index (χ1) is 19.1. The predicted octanol–water partition coefficient (Wildman–Crippen LogP) is 7.50. The molecule has 210 valence electrons. The Hall–Kier alpha value is -3.63. The highest BCUT2D eigenvalue weighted by molar-refractivity contribution is 5.90. The molecule has 0 aromatic heterocycles. The molecular weight excluding hydrogens is 538 g/mol. The largest absolute Gasteiger partial charge is 0.458 e. The van der Waals surface area contributed by atoms with Crippen LogP contribution < -0.4 is 0 Å². The van der Waals surface area contributed by atoms with Gasteiger partial charge < -0.3 is 14.6 Å². The van der Waals surface area contributed by atoms with Gasteiger partial charge in [0.15, 0.2) is 34.9 Å². The molecule has 4 nitrogen and oxygen atoms in total. The number of carbonyl (C=O) groups excluding carboxylic acids is 1. The third-order valence-corrected chi connectivity index (χ3v) is 7.23. The number of hydrogen-bond donors (Lipinski definition) is 1. The lowest BCUT2D eigenvalue weighted by Crippen LogP contribution is -2.21. The van der Waals surface area contributed by atoms with Crippen LogP contribution in [-0.2, 0) is 9.47 Å². The van der Waals surface area contributed by atoms with E-state index in [1.165, 1.54) is 18.2 Å². The summed E-state index contributed by atoms with van der Waals surface area (Å²) in [4.78, 5) is 12.6. The summed E-state index contributed by atoms with van der Waals surface area (Å²) >= 11 is 0. The zero-order chi connectivity index (χ0) is 28.7. The van der Waals surface area contributed by atoms with Crippen LogP contribution in [0.4, 0.5) is 26.3 Å².